The SMILES string of the molecule is CC(C)C(C)CC(=O)[C@@H](C)[C@H]1CC[C@H]2C3=CC=C4C[C@@H](O)CC[C@]4(C)[C@H]3CC[C@]12C. The molecule has 0 saturated heterocycles. The van der Waals surface area contributed by atoms with Crippen LogP contribution in [-0.4, -0.2) is 17.0 Å². The summed E-state index contributed by atoms with van der Waals surface area (Å²) < 4.78 is 0. The van der Waals surface area contributed by atoms with Crippen molar-refractivity contribution in [2.75, 3.05) is 0 Å². The minimum absolute atomic E-state index is 0.149. The Balaban J connectivity index is 1.56. The maximum atomic E-state index is 13.2. The van der Waals surface area contributed by atoms with Gasteiger partial charge in [-0.05, 0) is 85.4 Å². The number of hydrogen-bond acceptors (Lipinski definition) is 2. The van der Waals surface area contributed by atoms with E-state index < -0.39 is 0 Å². The third-order valence-electron chi connectivity index (χ3n) is 10.4. The first-order chi connectivity index (χ1) is 14.1. The average molecular weight is 413 g/mol. The molecular formula is C28H44O2. The molecule has 0 aliphatic heterocycles. The lowest BCUT2D eigenvalue weighted by Crippen LogP contribution is -2.47. The number of carbonyl (C=O) groups excluding carboxylic acids is 1. The van der Waals surface area contributed by atoms with Crippen LogP contribution in [0.4, 0.5) is 0 Å². The van der Waals surface area contributed by atoms with Crippen molar-refractivity contribution in [3.05, 3.63) is 23.3 Å². The van der Waals surface area contributed by atoms with Crippen LogP contribution in [0.5, 0.6) is 0 Å². The van der Waals surface area contributed by atoms with Gasteiger partial charge in [-0.15, -0.1) is 0 Å². The molecule has 4 aliphatic carbocycles. The van der Waals surface area contributed by atoms with Crippen molar-refractivity contribution < 1.29 is 9.90 Å². The van der Waals surface area contributed by atoms with E-state index in [0.29, 0.717) is 35.4 Å². The fourth-order valence-corrected chi connectivity index (χ4v) is 7.81. The Bertz CT molecular complexity index is 746. The second kappa shape index (κ2) is 7.91. The summed E-state index contributed by atoms with van der Waals surface area (Å²) in [6, 6.07) is 0. The summed E-state index contributed by atoms with van der Waals surface area (Å²) >= 11 is 0. The minimum Gasteiger partial charge on any atom is -0.393 e. The zero-order chi connectivity index (χ0) is 21.8. The molecule has 1 N–H and O–H groups in total. The summed E-state index contributed by atoms with van der Waals surface area (Å²) in [5.41, 5.74) is 3.69. The van der Waals surface area contributed by atoms with Crippen LogP contribution in [0.25, 0.3) is 0 Å². The van der Waals surface area contributed by atoms with Crippen LogP contribution in [0, 0.1) is 46.3 Å². The molecule has 3 fully saturated rings. The topological polar surface area (TPSA) is 37.3 Å². The van der Waals surface area contributed by atoms with Crippen LogP contribution in [0.2, 0.25) is 0 Å². The van der Waals surface area contributed by atoms with Gasteiger partial charge in [0.2, 0.25) is 0 Å². The molecule has 2 nitrogen and oxygen atoms in total. The number of fused-ring (bicyclic) bond motifs is 5. The predicted molar refractivity (Wildman–Crippen MR) is 124 cm³/mol. The number of ketones is 1. The lowest BCUT2D eigenvalue weighted by atomic mass is 9.50. The highest BCUT2D eigenvalue weighted by Crippen LogP contribution is 2.66. The molecule has 3 saturated carbocycles. The Kier molecular flexibility index (Phi) is 5.88. The predicted octanol–water partition coefficient (Wildman–Crippen LogP) is 6.73. The maximum Gasteiger partial charge on any atom is 0.136 e. The summed E-state index contributed by atoms with van der Waals surface area (Å²) in [5, 5.41) is 10.2. The Morgan fingerprint density at radius 3 is 2.47 bits per heavy atom. The molecule has 0 bridgehead atoms. The van der Waals surface area contributed by atoms with Crippen molar-refractivity contribution in [2.24, 2.45) is 46.3 Å². The van der Waals surface area contributed by atoms with E-state index in [1.54, 1.807) is 5.57 Å². The molecule has 4 rings (SSSR count). The number of rotatable bonds is 5. The lowest BCUT2D eigenvalue weighted by molar-refractivity contribution is -0.127. The van der Waals surface area contributed by atoms with Crippen LogP contribution >= 0.6 is 0 Å². The lowest BCUT2D eigenvalue weighted by Gasteiger charge is -2.55. The van der Waals surface area contributed by atoms with Crippen LogP contribution in [0.1, 0.15) is 92.9 Å². The molecule has 0 spiro atoms. The first-order valence-electron chi connectivity index (χ1n) is 12.7. The zero-order valence-corrected chi connectivity index (χ0v) is 20.2. The van der Waals surface area contributed by atoms with Crippen molar-refractivity contribution in [2.45, 2.75) is 99.0 Å². The Morgan fingerprint density at radius 2 is 1.77 bits per heavy atom. The smallest absolute Gasteiger partial charge is 0.136 e. The molecule has 8 atom stereocenters. The van der Waals surface area contributed by atoms with Gasteiger partial charge in [0.25, 0.3) is 0 Å². The molecule has 0 amide bonds. The van der Waals surface area contributed by atoms with Crippen molar-refractivity contribution >= 4 is 5.78 Å². The molecule has 0 radical (unpaired) electrons. The third kappa shape index (κ3) is 3.46. The first kappa shape index (κ1) is 22.3. The average Bonchev–Trinajstić information content (AvgIpc) is 3.04. The molecule has 0 heterocycles. The van der Waals surface area contributed by atoms with E-state index in [4.69, 9.17) is 0 Å². The standard InChI is InChI=1S/C28H44O2/c1-17(2)18(3)15-26(30)19(4)23-9-10-24-22-8-7-20-16-21(29)11-13-27(20,5)25(22)12-14-28(23,24)6/h7-8,17-19,21,23-25,29H,9-16H2,1-6H3/t18?,19-,21-,23+,24-,25-,27-,28+/m0/s1. The fourth-order valence-electron chi connectivity index (χ4n) is 7.81. The molecule has 0 aromatic carbocycles. The van der Waals surface area contributed by atoms with Gasteiger partial charge < -0.3 is 5.11 Å². The molecule has 30 heavy (non-hydrogen) atoms. The Hall–Kier alpha value is -0.890. The van der Waals surface area contributed by atoms with Crippen LogP contribution in [0.3, 0.4) is 0 Å². The van der Waals surface area contributed by atoms with E-state index in [0.717, 1.165) is 25.7 Å². The molecular weight excluding hydrogens is 368 g/mol. The molecule has 0 aromatic rings. The normalized spacial score (nSPS) is 42.5. The number of aliphatic hydroxyl groups excluding tert-OH is 1. The van der Waals surface area contributed by atoms with Crippen molar-refractivity contribution in [1.82, 2.24) is 0 Å². The Labute approximate surface area is 184 Å². The zero-order valence-electron chi connectivity index (χ0n) is 20.2. The van der Waals surface area contributed by atoms with Gasteiger partial charge in [-0.25, -0.2) is 0 Å². The first-order valence-corrected chi connectivity index (χ1v) is 12.7. The highest BCUT2D eigenvalue weighted by molar-refractivity contribution is 5.81. The third-order valence-corrected chi connectivity index (χ3v) is 10.4. The van der Waals surface area contributed by atoms with Crippen LogP contribution < -0.4 is 0 Å². The Morgan fingerprint density at radius 1 is 1.03 bits per heavy atom. The van der Waals surface area contributed by atoms with Gasteiger partial charge in [0.1, 0.15) is 5.78 Å². The van der Waals surface area contributed by atoms with E-state index in [9.17, 15) is 9.90 Å². The largest absolute Gasteiger partial charge is 0.393 e. The number of allylic oxidation sites excluding steroid dienone is 3. The molecule has 0 aromatic heterocycles. The van der Waals surface area contributed by atoms with Gasteiger partial charge in [-0.2, -0.15) is 0 Å². The summed E-state index contributed by atoms with van der Waals surface area (Å²) in [5.74, 6) is 3.56. The quantitative estimate of drug-likeness (QED) is 0.543. The fraction of sp³-hybridized carbons (Fsp3) is 0.821. The van der Waals surface area contributed by atoms with Gasteiger partial charge >= 0.3 is 0 Å². The highest BCUT2D eigenvalue weighted by atomic mass is 16.3. The van der Waals surface area contributed by atoms with Crippen molar-refractivity contribution in [3.63, 3.8) is 0 Å². The molecule has 1 unspecified atom stereocenters. The number of aliphatic hydroxyl groups is 1. The monoisotopic (exact) mass is 412 g/mol. The van der Waals surface area contributed by atoms with Crippen LogP contribution in [0.15, 0.2) is 23.3 Å². The molecule has 2 heteroatoms. The number of carbonyl (C=O) groups is 1. The second-order valence-corrected chi connectivity index (χ2v) is 12.2. The molecule has 4 aliphatic rings. The van der Waals surface area contributed by atoms with Crippen molar-refractivity contribution in [3.8, 4) is 0 Å². The summed E-state index contributed by atoms with van der Waals surface area (Å²) in [6.07, 6.45) is 13.3. The van der Waals surface area contributed by atoms with Crippen LogP contribution in [-0.2, 0) is 4.79 Å². The van der Waals surface area contributed by atoms with Gasteiger partial charge in [0, 0.05) is 12.3 Å². The van der Waals surface area contributed by atoms with E-state index >= 15 is 0 Å². The molecule has 168 valence electrons. The van der Waals surface area contributed by atoms with Gasteiger partial charge in [0.15, 0.2) is 0 Å². The van der Waals surface area contributed by atoms with E-state index in [-0.39, 0.29) is 22.9 Å². The number of Topliss-reactive ketones (excluding diaryl/α,β-unsaturated/α-hetero) is 1. The maximum absolute atomic E-state index is 13.2. The van der Waals surface area contributed by atoms with Gasteiger partial charge in [-0.3, -0.25) is 4.79 Å². The number of hydrogen-bond donors (Lipinski definition) is 1. The van der Waals surface area contributed by atoms with Gasteiger partial charge in [-0.1, -0.05) is 64.8 Å². The summed E-state index contributed by atoms with van der Waals surface area (Å²) in [7, 11) is 0. The second-order valence-electron chi connectivity index (χ2n) is 12.2. The van der Waals surface area contributed by atoms with E-state index in [1.165, 1.54) is 31.3 Å². The van der Waals surface area contributed by atoms with E-state index in [2.05, 4.69) is 53.7 Å². The highest BCUT2D eigenvalue weighted by Gasteiger charge is 2.57. The van der Waals surface area contributed by atoms with Crippen molar-refractivity contribution in [1.29, 1.82) is 0 Å². The summed E-state index contributed by atoms with van der Waals surface area (Å²) in [6.45, 7) is 13.9. The minimum atomic E-state index is -0.149. The summed E-state index contributed by atoms with van der Waals surface area (Å²) in [4.78, 5) is 13.2. The van der Waals surface area contributed by atoms with Gasteiger partial charge in [0.05, 0.1) is 6.10 Å². The van der Waals surface area contributed by atoms with E-state index in [1.807, 2.05) is 0 Å².